The molecular weight excluding hydrogens is 659 g/mol. The zero-order chi connectivity index (χ0) is 36.2. The first-order chi connectivity index (χ1) is 26.8. The van der Waals surface area contributed by atoms with Crippen LogP contribution in [0.3, 0.4) is 0 Å². The van der Waals surface area contributed by atoms with Crippen LogP contribution >= 0.6 is 0 Å². The van der Waals surface area contributed by atoms with Crippen molar-refractivity contribution in [2.75, 3.05) is 0 Å². The van der Waals surface area contributed by atoms with Crippen LogP contribution in [0.15, 0.2) is 180 Å². The van der Waals surface area contributed by atoms with Gasteiger partial charge in [0.1, 0.15) is 11.2 Å². The Bertz CT molecular complexity index is 3120. The summed E-state index contributed by atoms with van der Waals surface area (Å²) < 4.78 is 8.85. The highest BCUT2D eigenvalue weighted by atomic mass is 16.3. The predicted molar refractivity (Wildman–Crippen MR) is 226 cm³/mol. The van der Waals surface area contributed by atoms with Crippen LogP contribution in [0.1, 0.15) is 13.8 Å². The molecule has 8 aromatic carbocycles. The van der Waals surface area contributed by atoms with Gasteiger partial charge >= 0.3 is 0 Å². The second kappa shape index (κ2) is 12.9. The minimum Gasteiger partial charge on any atom is -0.456 e. The highest BCUT2D eigenvalue weighted by molar-refractivity contribution is 6.22. The highest BCUT2D eigenvalue weighted by Gasteiger charge is 2.22. The molecule has 0 atom stereocenters. The Balaban J connectivity index is 0.00000178. The van der Waals surface area contributed by atoms with Crippen molar-refractivity contribution in [3.05, 3.63) is 176 Å². The maximum atomic E-state index is 6.56. The Labute approximate surface area is 312 Å². The number of furan rings is 1. The van der Waals surface area contributed by atoms with E-state index >= 15 is 0 Å². The fourth-order valence-electron chi connectivity index (χ4n) is 8.02. The first-order valence-electron chi connectivity index (χ1n) is 18.6. The molecule has 0 bridgehead atoms. The van der Waals surface area contributed by atoms with Crippen LogP contribution in [-0.4, -0.2) is 14.5 Å². The number of nitrogens with zero attached hydrogens (tertiary/aromatic N) is 3. The maximum absolute atomic E-state index is 6.56. The van der Waals surface area contributed by atoms with Crippen LogP contribution in [0.5, 0.6) is 0 Å². The molecule has 0 N–H and O–H groups in total. The number of fused-ring (bicyclic) bond motifs is 10. The van der Waals surface area contributed by atoms with Crippen LogP contribution in [0, 0.1) is 0 Å². The monoisotopic (exact) mass is 693 g/mol. The number of rotatable bonds is 4. The summed E-state index contributed by atoms with van der Waals surface area (Å²) in [4.78, 5) is 10.7. The van der Waals surface area contributed by atoms with E-state index in [4.69, 9.17) is 14.4 Å². The number of para-hydroxylation sites is 1. The van der Waals surface area contributed by atoms with Gasteiger partial charge in [0.15, 0.2) is 0 Å². The van der Waals surface area contributed by atoms with Gasteiger partial charge in [-0.3, -0.25) is 4.57 Å². The molecule has 0 saturated carbocycles. The summed E-state index contributed by atoms with van der Waals surface area (Å²) >= 11 is 0. The molecule has 4 nitrogen and oxygen atoms in total. The van der Waals surface area contributed by atoms with E-state index in [0.717, 1.165) is 82.8 Å². The summed E-state index contributed by atoms with van der Waals surface area (Å²) in [7, 11) is 0. The summed E-state index contributed by atoms with van der Waals surface area (Å²) in [6.07, 6.45) is 0. The Kier molecular flexibility index (Phi) is 7.55. The van der Waals surface area contributed by atoms with E-state index in [1.165, 1.54) is 16.2 Å². The molecule has 0 aliphatic heterocycles. The molecule has 0 unspecified atom stereocenters. The third-order valence-corrected chi connectivity index (χ3v) is 10.4. The normalized spacial score (nSPS) is 11.5. The van der Waals surface area contributed by atoms with E-state index in [2.05, 4.69) is 168 Å². The molecule has 11 aromatic rings. The lowest BCUT2D eigenvalue weighted by atomic mass is 9.99. The molecule has 0 radical (unpaired) electrons. The number of aromatic nitrogens is 3. The van der Waals surface area contributed by atoms with E-state index in [-0.39, 0.29) is 0 Å². The maximum Gasteiger partial charge on any atom is 0.235 e. The van der Waals surface area contributed by atoms with Crippen molar-refractivity contribution in [3.63, 3.8) is 0 Å². The van der Waals surface area contributed by atoms with E-state index < -0.39 is 0 Å². The van der Waals surface area contributed by atoms with Crippen molar-refractivity contribution >= 4 is 65.3 Å². The van der Waals surface area contributed by atoms with Gasteiger partial charge in [-0.25, -0.2) is 9.97 Å². The summed E-state index contributed by atoms with van der Waals surface area (Å²) in [6.45, 7) is 4.00. The van der Waals surface area contributed by atoms with Gasteiger partial charge in [0.05, 0.1) is 22.4 Å². The lowest BCUT2D eigenvalue weighted by Gasteiger charge is -2.14. The van der Waals surface area contributed by atoms with Gasteiger partial charge < -0.3 is 4.42 Å². The Morgan fingerprint density at radius 2 is 0.981 bits per heavy atom. The van der Waals surface area contributed by atoms with Crippen molar-refractivity contribution < 1.29 is 4.42 Å². The molecule has 3 heterocycles. The molecule has 0 aliphatic rings. The summed E-state index contributed by atoms with van der Waals surface area (Å²) in [5.74, 6) is 0.625. The van der Waals surface area contributed by atoms with Gasteiger partial charge in [-0.2, -0.15) is 0 Å². The van der Waals surface area contributed by atoms with Crippen LogP contribution < -0.4 is 0 Å². The molecule has 54 heavy (non-hydrogen) atoms. The first kappa shape index (κ1) is 31.7. The van der Waals surface area contributed by atoms with Gasteiger partial charge in [-0.15, -0.1) is 0 Å². The largest absolute Gasteiger partial charge is 0.456 e. The van der Waals surface area contributed by atoms with Crippen LogP contribution in [-0.2, 0) is 0 Å². The zero-order valence-corrected chi connectivity index (χ0v) is 30.0. The SMILES string of the molecule is CC.c1ccc(-c2cc(-c3ccccc3)nc(-n3c4c(-c5ccc6c(c5)oc5ccc7ccccc7c56)cccc4c4ccc5ccccc5c43)n2)cc1. The Morgan fingerprint density at radius 3 is 1.70 bits per heavy atom. The van der Waals surface area contributed by atoms with Gasteiger partial charge in [-0.1, -0.05) is 166 Å². The minimum absolute atomic E-state index is 0.625. The molecule has 4 heteroatoms. The van der Waals surface area contributed by atoms with Crippen LogP contribution in [0.4, 0.5) is 0 Å². The molecule has 11 rings (SSSR count). The van der Waals surface area contributed by atoms with E-state index in [1.54, 1.807) is 0 Å². The first-order valence-corrected chi connectivity index (χ1v) is 18.6. The third-order valence-electron chi connectivity index (χ3n) is 10.4. The Hall–Kier alpha value is -7.04. The molecular formula is C50H35N3O. The van der Waals surface area contributed by atoms with Gasteiger partial charge in [-0.05, 0) is 46.0 Å². The van der Waals surface area contributed by atoms with Crippen LogP contribution in [0.25, 0.3) is 105 Å². The van der Waals surface area contributed by atoms with Gasteiger partial charge in [0.25, 0.3) is 0 Å². The smallest absolute Gasteiger partial charge is 0.235 e. The fraction of sp³-hybridized carbons (Fsp3) is 0.0400. The van der Waals surface area contributed by atoms with Crippen LogP contribution in [0.2, 0.25) is 0 Å². The zero-order valence-electron chi connectivity index (χ0n) is 30.0. The summed E-state index contributed by atoms with van der Waals surface area (Å²) in [6, 6.07) is 61.8. The van der Waals surface area contributed by atoms with Crippen molar-refractivity contribution in [3.8, 4) is 39.6 Å². The van der Waals surface area contributed by atoms with Crippen molar-refractivity contribution in [1.82, 2.24) is 14.5 Å². The standard InChI is InChI=1S/C48H29N3O.C2H6/c1-3-14-32(15-4-1)41-29-42(33-16-5-2-6-17-33)50-48(49-41)51-46-36-19-10-8-13-31(36)22-25-39(46)38-21-11-20-37(47(38)51)34-23-26-40-44(28-34)52-43-27-24-30-12-7-9-18-35(30)45(40)43;1-2/h1-29H;1-2H3. The van der Waals surface area contributed by atoms with E-state index in [1.807, 2.05) is 26.0 Å². The predicted octanol–water partition coefficient (Wildman–Crippen LogP) is 13.8. The average Bonchev–Trinajstić information content (AvgIpc) is 3.81. The van der Waals surface area contributed by atoms with Gasteiger partial charge in [0.2, 0.25) is 5.95 Å². The van der Waals surface area contributed by atoms with Crippen molar-refractivity contribution in [2.24, 2.45) is 0 Å². The summed E-state index contributed by atoms with van der Waals surface area (Å²) in [5, 5.41) is 9.28. The molecule has 0 spiro atoms. The molecule has 0 saturated heterocycles. The summed E-state index contributed by atoms with van der Waals surface area (Å²) in [5.41, 5.74) is 9.86. The number of benzene rings is 8. The van der Waals surface area contributed by atoms with Gasteiger partial charge in [0, 0.05) is 43.6 Å². The van der Waals surface area contributed by atoms with Crippen molar-refractivity contribution in [2.45, 2.75) is 13.8 Å². The molecule has 0 aliphatic carbocycles. The Morgan fingerprint density at radius 1 is 0.407 bits per heavy atom. The molecule has 3 aromatic heterocycles. The van der Waals surface area contributed by atoms with E-state index in [9.17, 15) is 0 Å². The quantitative estimate of drug-likeness (QED) is 0.184. The highest BCUT2D eigenvalue weighted by Crippen LogP contribution is 2.43. The lowest BCUT2D eigenvalue weighted by molar-refractivity contribution is 0.669. The fourth-order valence-corrected chi connectivity index (χ4v) is 8.02. The average molecular weight is 694 g/mol. The minimum atomic E-state index is 0.625. The topological polar surface area (TPSA) is 43.9 Å². The number of hydrogen-bond acceptors (Lipinski definition) is 3. The molecule has 256 valence electrons. The number of hydrogen-bond donors (Lipinski definition) is 0. The van der Waals surface area contributed by atoms with E-state index in [0.29, 0.717) is 5.95 Å². The second-order valence-electron chi connectivity index (χ2n) is 13.4. The van der Waals surface area contributed by atoms with Crippen molar-refractivity contribution in [1.29, 1.82) is 0 Å². The second-order valence-corrected chi connectivity index (χ2v) is 13.4. The molecule has 0 fully saturated rings. The lowest BCUT2D eigenvalue weighted by Crippen LogP contribution is -2.05. The third kappa shape index (κ3) is 4.99. The molecule has 0 amide bonds.